The summed E-state index contributed by atoms with van der Waals surface area (Å²) in [6, 6.07) is 13.2. The third kappa shape index (κ3) is 5.37. The number of rotatable bonds is 6. The number of tetrazole rings is 1. The van der Waals surface area contributed by atoms with Gasteiger partial charge in [0, 0.05) is 20.8 Å². The van der Waals surface area contributed by atoms with E-state index in [1.807, 2.05) is 47.2 Å². The maximum Gasteiger partial charge on any atom is 0.177 e. The van der Waals surface area contributed by atoms with Crippen LogP contribution in [-0.4, -0.2) is 20.2 Å². The molecule has 174 valence electrons. The van der Waals surface area contributed by atoms with Crippen LogP contribution in [0.1, 0.15) is 63.9 Å². The van der Waals surface area contributed by atoms with Gasteiger partial charge in [-0.1, -0.05) is 86.6 Å². The molecule has 1 atom stereocenters. The molecule has 1 fully saturated rings. The van der Waals surface area contributed by atoms with E-state index in [1.165, 1.54) is 0 Å². The predicted octanol–water partition coefficient (Wildman–Crippen LogP) is 7.82. The van der Waals surface area contributed by atoms with Crippen LogP contribution in [0, 0.1) is 5.41 Å². The summed E-state index contributed by atoms with van der Waals surface area (Å²) in [5.41, 5.74) is 1.43. The van der Waals surface area contributed by atoms with E-state index in [0.717, 1.165) is 42.8 Å². The van der Waals surface area contributed by atoms with E-state index < -0.39 is 0 Å². The first-order valence-corrected chi connectivity index (χ1v) is 12.3. The number of nitrogens with one attached hydrogen (secondary N) is 1. The third-order valence-electron chi connectivity index (χ3n) is 6.18. The molecule has 0 radical (unpaired) electrons. The van der Waals surface area contributed by atoms with E-state index in [9.17, 15) is 0 Å². The highest BCUT2D eigenvalue weighted by molar-refractivity contribution is 6.35. The molecule has 0 aliphatic heterocycles. The highest BCUT2D eigenvalue weighted by atomic mass is 35.5. The van der Waals surface area contributed by atoms with Gasteiger partial charge >= 0.3 is 0 Å². The Balaban J connectivity index is 1.72. The topological polar surface area (TPSA) is 55.6 Å². The molecule has 2 aromatic carbocycles. The summed E-state index contributed by atoms with van der Waals surface area (Å²) >= 11 is 18.6. The van der Waals surface area contributed by atoms with Crippen LogP contribution in [-0.2, 0) is 5.54 Å². The van der Waals surface area contributed by atoms with Gasteiger partial charge in [0.2, 0.25) is 0 Å². The predicted molar refractivity (Wildman–Crippen MR) is 137 cm³/mol. The molecule has 33 heavy (non-hydrogen) atoms. The van der Waals surface area contributed by atoms with Crippen molar-refractivity contribution in [1.29, 1.82) is 0 Å². The van der Waals surface area contributed by atoms with Crippen molar-refractivity contribution in [1.82, 2.24) is 20.2 Å². The fourth-order valence-electron chi connectivity index (χ4n) is 4.46. The van der Waals surface area contributed by atoms with Crippen molar-refractivity contribution in [3.05, 3.63) is 75.0 Å². The molecule has 1 saturated carbocycles. The number of allylic oxidation sites excluding steroid dienone is 1. The molecule has 4 rings (SSSR count). The second-order valence-corrected chi connectivity index (χ2v) is 11.0. The monoisotopic (exact) mass is 503 g/mol. The number of halogens is 3. The average Bonchev–Trinajstić information content (AvgIpc) is 3.41. The van der Waals surface area contributed by atoms with Crippen LogP contribution >= 0.6 is 34.8 Å². The van der Waals surface area contributed by atoms with E-state index in [4.69, 9.17) is 34.8 Å². The van der Waals surface area contributed by atoms with Crippen molar-refractivity contribution < 1.29 is 0 Å². The van der Waals surface area contributed by atoms with Gasteiger partial charge in [-0.05, 0) is 70.6 Å². The standard InChI is InChI=1S/C25H28Cl3N5/c1-24(2,3)22(13-7-17-6-8-19(27)16-21(17)28)33-23(30-31-32-33)25(14-4-5-15-25)29-20-11-9-18(26)10-12-20/h6-13,16,22,29H,4-5,14-15H2,1-3H3/t22-/m0/s1. The molecule has 0 unspecified atom stereocenters. The van der Waals surface area contributed by atoms with E-state index in [2.05, 4.69) is 47.7 Å². The Morgan fingerprint density at radius 1 is 1.00 bits per heavy atom. The Bertz CT molecular complexity index is 1130. The number of hydrogen-bond acceptors (Lipinski definition) is 4. The molecule has 1 aliphatic rings. The highest BCUT2D eigenvalue weighted by Crippen LogP contribution is 2.43. The van der Waals surface area contributed by atoms with Gasteiger partial charge < -0.3 is 5.32 Å². The average molecular weight is 505 g/mol. The zero-order chi connectivity index (χ0) is 23.6. The highest BCUT2D eigenvalue weighted by Gasteiger charge is 2.42. The molecule has 0 amide bonds. The van der Waals surface area contributed by atoms with Gasteiger partial charge in [-0.3, -0.25) is 0 Å². The van der Waals surface area contributed by atoms with Gasteiger partial charge in [-0.2, -0.15) is 0 Å². The molecule has 5 nitrogen and oxygen atoms in total. The van der Waals surface area contributed by atoms with Gasteiger partial charge in [0.25, 0.3) is 0 Å². The lowest BCUT2D eigenvalue weighted by atomic mass is 9.85. The van der Waals surface area contributed by atoms with E-state index in [0.29, 0.717) is 15.1 Å². The second-order valence-electron chi connectivity index (χ2n) is 9.70. The largest absolute Gasteiger partial charge is 0.373 e. The number of hydrogen-bond donors (Lipinski definition) is 1. The molecular weight excluding hydrogens is 477 g/mol. The maximum atomic E-state index is 6.41. The van der Waals surface area contributed by atoms with Crippen LogP contribution in [0.25, 0.3) is 6.08 Å². The zero-order valence-electron chi connectivity index (χ0n) is 19.0. The van der Waals surface area contributed by atoms with Crippen molar-refractivity contribution in [3.63, 3.8) is 0 Å². The van der Waals surface area contributed by atoms with Gasteiger partial charge in [-0.25, -0.2) is 4.68 Å². The Morgan fingerprint density at radius 3 is 2.30 bits per heavy atom. The van der Waals surface area contributed by atoms with Gasteiger partial charge in [-0.15, -0.1) is 5.10 Å². The lowest BCUT2D eigenvalue weighted by Gasteiger charge is -2.34. The lowest BCUT2D eigenvalue weighted by molar-refractivity contribution is 0.254. The van der Waals surface area contributed by atoms with Crippen molar-refractivity contribution in [2.75, 3.05) is 5.32 Å². The van der Waals surface area contributed by atoms with Gasteiger partial charge in [0.1, 0.15) is 0 Å². The fourth-order valence-corrected chi connectivity index (χ4v) is 5.05. The zero-order valence-corrected chi connectivity index (χ0v) is 21.3. The Morgan fingerprint density at radius 2 is 1.67 bits per heavy atom. The molecule has 1 heterocycles. The molecule has 0 spiro atoms. The summed E-state index contributed by atoms with van der Waals surface area (Å²) in [5, 5.41) is 18.8. The van der Waals surface area contributed by atoms with Crippen LogP contribution in [0.3, 0.4) is 0 Å². The van der Waals surface area contributed by atoms with Crippen molar-refractivity contribution in [2.24, 2.45) is 5.41 Å². The van der Waals surface area contributed by atoms with Crippen LogP contribution in [0.5, 0.6) is 0 Å². The van der Waals surface area contributed by atoms with E-state index >= 15 is 0 Å². The van der Waals surface area contributed by atoms with Crippen molar-refractivity contribution in [2.45, 2.75) is 58.0 Å². The molecule has 0 saturated heterocycles. The molecule has 1 aromatic heterocycles. The van der Waals surface area contributed by atoms with Crippen LogP contribution < -0.4 is 5.32 Å². The second kappa shape index (κ2) is 9.65. The minimum atomic E-state index is -0.341. The maximum absolute atomic E-state index is 6.41. The summed E-state index contributed by atoms with van der Waals surface area (Å²) in [7, 11) is 0. The first-order chi connectivity index (χ1) is 15.7. The quantitative estimate of drug-likeness (QED) is 0.372. The Hall–Kier alpha value is -2.08. The van der Waals surface area contributed by atoms with Crippen molar-refractivity contribution in [3.8, 4) is 0 Å². The molecule has 3 aromatic rings. The molecule has 8 heteroatoms. The SMILES string of the molecule is CC(C)(C)[C@H](C=Cc1ccc(Cl)cc1Cl)n1nnnc1C1(Nc2ccc(Cl)cc2)CCCC1. The smallest absolute Gasteiger partial charge is 0.177 e. The van der Waals surface area contributed by atoms with Gasteiger partial charge in [0.05, 0.1) is 11.6 Å². The van der Waals surface area contributed by atoms with Crippen LogP contribution in [0.2, 0.25) is 15.1 Å². The fraction of sp³-hybridized carbons (Fsp3) is 0.400. The van der Waals surface area contributed by atoms with Crippen LogP contribution in [0.15, 0.2) is 48.5 Å². The number of aromatic nitrogens is 4. The first kappa shape index (κ1) is 24.1. The summed E-state index contributed by atoms with van der Waals surface area (Å²) in [4.78, 5) is 0. The first-order valence-electron chi connectivity index (χ1n) is 11.1. The summed E-state index contributed by atoms with van der Waals surface area (Å²) < 4.78 is 1.97. The lowest BCUT2D eigenvalue weighted by Crippen LogP contribution is -2.38. The third-order valence-corrected chi connectivity index (χ3v) is 6.99. The minimum absolute atomic E-state index is 0.0845. The van der Waals surface area contributed by atoms with Gasteiger partial charge in [0.15, 0.2) is 5.82 Å². The molecular formula is C25H28Cl3N5. The normalized spacial score (nSPS) is 16.9. The summed E-state index contributed by atoms with van der Waals surface area (Å²) in [6.07, 6.45) is 8.29. The number of nitrogens with zero attached hydrogens (tertiary/aromatic N) is 4. The van der Waals surface area contributed by atoms with Crippen LogP contribution in [0.4, 0.5) is 5.69 Å². The molecule has 0 bridgehead atoms. The summed E-state index contributed by atoms with van der Waals surface area (Å²) in [6.45, 7) is 6.56. The molecule has 1 aliphatic carbocycles. The Kier molecular flexibility index (Phi) is 7.04. The summed E-state index contributed by atoms with van der Waals surface area (Å²) in [5.74, 6) is 0.849. The van der Waals surface area contributed by atoms with E-state index in [-0.39, 0.29) is 17.0 Å². The molecule has 1 N–H and O–H groups in total. The Labute approximate surface area is 210 Å². The number of benzene rings is 2. The van der Waals surface area contributed by atoms with Crippen molar-refractivity contribution >= 4 is 46.6 Å². The number of anilines is 1. The van der Waals surface area contributed by atoms with E-state index in [1.54, 1.807) is 6.07 Å². The minimum Gasteiger partial charge on any atom is -0.373 e.